The van der Waals surface area contributed by atoms with E-state index in [0.29, 0.717) is 18.9 Å². The van der Waals surface area contributed by atoms with Crippen LogP contribution in [0.1, 0.15) is 33.3 Å². The molecule has 0 radical (unpaired) electrons. The summed E-state index contributed by atoms with van der Waals surface area (Å²) in [5.74, 6) is 1.39. The molecule has 0 saturated heterocycles. The highest BCUT2D eigenvalue weighted by atomic mass is 16.5. The largest absolute Gasteiger partial charge is 0.493 e. The molecule has 0 aromatic heterocycles. The summed E-state index contributed by atoms with van der Waals surface area (Å²) < 4.78 is 5.85. The van der Waals surface area contributed by atoms with Crippen LogP contribution in [0.25, 0.3) is 0 Å². The van der Waals surface area contributed by atoms with Gasteiger partial charge in [0.15, 0.2) is 0 Å². The Bertz CT molecular complexity index is 572. The van der Waals surface area contributed by atoms with Crippen LogP contribution in [0.2, 0.25) is 0 Å². The molecule has 134 valence electrons. The van der Waals surface area contributed by atoms with Gasteiger partial charge < -0.3 is 20.1 Å². The summed E-state index contributed by atoms with van der Waals surface area (Å²) in [5.41, 5.74) is 2.11. The summed E-state index contributed by atoms with van der Waals surface area (Å²) in [6, 6.07) is 5.49. The minimum Gasteiger partial charge on any atom is -0.493 e. The molecule has 0 saturated carbocycles. The van der Waals surface area contributed by atoms with E-state index in [2.05, 4.69) is 19.2 Å². The summed E-state index contributed by atoms with van der Waals surface area (Å²) in [5, 5.41) is 12.6. The highest BCUT2D eigenvalue weighted by Crippen LogP contribution is 2.31. The minimum atomic E-state index is -0.279. The van der Waals surface area contributed by atoms with Gasteiger partial charge in [-0.2, -0.15) is 0 Å². The average molecular weight is 334 g/mol. The van der Waals surface area contributed by atoms with Gasteiger partial charge in [-0.3, -0.25) is 4.79 Å². The number of rotatable bonds is 5. The number of benzene rings is 1. The number of nitrogens with one attached hydrogen (secondary N) is 1. The standard InChI is InChI=1S/C19H30N2O3/c1-12(2)11-24-16-7-6-14-8-15(10-22)20-19(23)18(13(3)4)21(5)17(14)9-16/h6-7,9,12-13,15,18,22H,8,10-11H2,1-5H3,(H,20,23)/t15-,18-/m1/s1. The first-order valence-electron chi connectivity index (χ1n) is 8.73. The number of anilines is 1. The Morgan fingerprint density at radius 2 is 2.04 bits per heavy atom. The van der Waals surface area contributed by atoms with E-state index in [-0.39, 0.29) is 30.5 Å². The molecule has 24 heavy (non-hydrogen) atoms. The van der Waals surface area contributed by atoms with Crippen LogP contribution in [0.4, 0.5) is 5.69 Å². The van der Waals surface area contributed by atoms with E-state index >= 15 is 0 Å². The van der Waals surface area contributed by atoms with Crippen LogP contribution in [0.5, 0.6) is 5.75 Å². The molecule has 0 fully saturated rings. The third kappa shape index (κ3) is 4.20. The molecule has 1 aliphatic heterocycles. The van der Waals surface area contributed by atoms with Crippen molar-refractivity contribution < 1.29 is 14.6 Å². The van der Waals surface area contributed by atoms with Gasteiger partial charge in [0.25, 0.3) is 0 Å². The Balaban J connectivity index is 2.40. The fourth-order valence-electron chi connectivity index (χ4n) is 3.19. The number of aliphatic hydroxyl groups is 1. The second-order valence-electron chi connectivity index (χ2n) is 7.39. The maximum absolute atomic E-state index is 12.6. The molecule has 0 unspecified atom stereocenters. The van der Waals surface area contributed by atoms with Crippen molar-refractivity contribution in [2.45, 2.75) is 46.2 Å². The highest BCUT2D eigenvalue weighted by Gasteiger charge is 2.32. The Hall–Kier alpha value is -1.75. The number of hydrogen-bond acceptors (Lipinski definition) is 4. The van der Waals surface area contributed by atoms with E-state index in [4.69, 9.17) is 4.74 Å². The Kier molecular flexibility index (Phi) is 6.10. The zero-order valence-corrected chi connectivity index (χ0v) is 15.4. The summed E-state index contributed by atoms with van der Waals surface area (Å²) in [7, 11) is 1.95. The van der Waals surface area contributed by atoms with Crippen molar-refractivity contribution in [3.8, 4) is 5.75 Å². The summed E-state index contributed by atoms with van der Waals surface area (Å²) in [4.78, 5) is 14.6. The lowest BCUT2D eigenvalue weighted by molar-refractivity contribution is -0.124. The lowest BCUT2D eigenvalue weighted by Crippen LogP contribution is -2.54. The molecule has 1 amide bonds. The van der Waals surface area contributed by atoms with Crippen LogP contribution in [0.15, 0.2) is 18.2 Å². The highest BCUT2D eigenvalue weighted by molar-refractivity contribution is 5.86. The van der Waals surface area contributed by atoms with E-state index in [1.165, 1.54) is 0 Å². The first kappa shape index (κ1) is 18.6. The summed E-state index contributed by atoms with van der Waals surface area (Å²) in [6.07, 6.45) is 0.608. The molecule has 1 aromatic rings. The molecular formula is C19H30N2O3. The predicted molar refractivity (Wildman–Crippen MR) is 96.5 cm³/mol. The van der Waals surface area contributed by atoms with Gasteiger partial charge in [0, 0.05) is 18.8 Å². The van der Waals surface area contributed by atoms with Crippen molar-refractivity contribution in [2.75, 3.05) is 25.2 Å². The molecule has 0 aliphatic carbocycles. The van der Waals surface area contributed by atoms with Crippen LogP contribution >= 0.6 is 0 Å². The smallest absolute Gasteiger partial charge is 0.243 e. The second-order valence-corrected chi connectivity index (χ2v) is 7.39. The van der Waals surface area contributed by atoms with Crippen molar-refractivity contribution in [3.05, 3.63) is 23.8 Å². The zero-order valence-electron chi connectivity index (χ0n) is 15.4. The molecule has 2 rings (SSSR count). The summed E-state index contributed by atoms with van der Waals surface area (Å²) >= 11 is 0. The van der Waals surface area contributed by atoms with Gasteiger partial charge in [-0.15, -0.1) is 0 Å². The molecule has 5 nitrogen and oxygen atoms in total. The van der Waals surface area contributed by atoms with Crippen LogP contribution < -0.4 is 15.0 Å². The minimum absolute atomic E-state index is 0.0364. The van der Waals surface area contributed by atoms with Gasteiger partial charge in [0.05, 0.1) is 19.3 Å². The number of hydrogen-bond donors (Lipinski definition) is 2. The van der Waals surface area contributed by atoms with Gasteiger partial charge in [0.1, 0.15) is 11.8 Å². The molecule has 0 bridgehead atoms. The number of fused-ring (bicyclic) bond motifs is 1. The van der Waals surface area contributed by atoms with Crippen molar-refractivity contribution >= 4 is 11.6 Å². The van der Waals surface area contributed by atoms with E-state index in [1.54, 1.807) is 0 Å². The molecule has 2 N–H and O–H groups in total. The van der Waals surface area contributed by atoms with Crippen molar-refractivity contribution in [2.24, 2.45) is 11.8 Å². The molecule has 1 aliphatic rings. The van der Waals surface area contributed by atoms with E-state index in [1.807, 2.05) is 44.0 Å². The second kappa shape index (κ2) is 7.88. The van der Waals surface area contributed by atoms with Gasteiger partial charge >= 0.3 is 0 Å². The third-order valence-electron chi connectivity index (χ3n) is 4.37. The fraction of sp³-hybridized carbons (Fsp3) is 0.632. The van der Waals surface area contributed by atoms with Crippen molar-refractivity contribution in [3.63, 3.8) is 0 Å². The summed E-state index contributed by atoms with van der Waals surface area (Å²) in [6.45, 7) is 8.90. The fourth-order valence-corrected chi connectivity index (χ4v) is 3.19. The average Bonchev–Trinajstić information content (AvgIpc) is 2.51. The topological polar surface area (TPSA) is 61.8 Å². The lowest BCUT2D eigenvalue weighted by atomic mass is 9.95. The molecule has 1 heterocycles. The van der Waals surface area contributed by atoms with E-state index in [0.717, 1.165) is 17.0 Å². The normalized spacial score (nSPS) is 21.3. The lowest BCUT2D eigenvalue weighted by Gasteiger charge is -2.37. The van der Waals surface area contributed by atoms with Crippen LogP contribution in [-0.4, -0.2) is 43.4 Å². The van der Waals surface area contributed by atoms with Crippen molar-refractivity contribution in [1.82, 2.24) is 5.32 Å². The zero-order chi connectivity index (χ0) is 17.9. The van der Waals surface area contributed by atoms with Crippen molar-refractivity contribution in [1.29, 1.82) is 0 Å². The monoisotopic (exact) mass is 334 g/mol. The number of likely N-dealkylation sites (N-methyl/N-ethyl adjacent to an activating group) is 1. The van der Waals surface area contributed by atoms with E-state index < -0.39 is 0 Å². The maximum atomic E-state index is 12.6. The number of aliphatic hydroxyl groups excluding tert-OH is 1. The molecule has 2 atom stereocenters. The molecular weight excluding hydrogens is 304 g/mol. The number of carbonyl (C=O) groups excluding carboxylic acids is 1. The van der Waals surface area contributed by atoms with Crippen LogP contribution in [0.3, 0.4) is 0 Å². The predicted octanol–water partition coefficient (Wildman–Crippen LogP) is 2.22. The molecule has 0 spiro atoms. The first-order chi connectivity index (χ1) is 11.3. The van der Waals surface area contributed by atoms with Crippen LogP contribution in [0, 0.1) is 11.8 Å². The Labute approximate surface area is 145 Å². The first-order valence-corrected chi connectivity index (χ1v) is 8.73. The number of carbonyl (C=O) groups is 1. The SMILES string of the molecule is CC(C)COc1ccc2c(c1)N(C)[C@H](C(C)C)C(=O)N[C@@H](CO)C2. The molecule has 1 aromatic carbocycles. The van der Waals surface area contributed by atoms with Gasteiger partial charge in [-0.05, 0) is 29.9 Å². The Morgan fingerprint density at radius 3 is 2.62 bits per heavy atom. The Morgan fingerprint density at radius 1 is 1.33 bits per heavy atom. The quantitative estimate of drug-likeness (QED) is 0.867. The van der Waals surface area contributed by atoms with Crippen LogP contribution in [-0.2, 0) is 11.2 Å². The van der Waals surface area contributed by atoms with Gasteiger partial charge in [-0.1, -0.05) is 33.8 Å². The van der Waals surface area contributed by atoms with Gasteiger partial charge in [-0.25, -0.2) is 0 Å². The third-order valence-corrected chi connectivity index (χ3v) is 4.37. The number of ether oxygens (including phenoxy) is 1. The number of nitrogens with zero attached hydrogens (tertiary/aromatic N) is 1. The van der Waals surface area contributed by atoms with Gasteiger partial charge in [0.2, 0.25) is 5.91 Å². The molecule has 5 heteroatoms. The van der Waals surface area contributed by atoms with E-state index in [9.17, 15) is 9.90 Å². The maximum Gasteiger partial charge on any atom is 0.243 e. The number of amides is 1.